The Morgan fingerprint density at radius 3 is 2.29 bits per heavy atom. The maximum absolute atomic E-state index is 14.6. The number of hydrogen-bond donors (Lipinski definition) is 3. The molecule has 2 aromatic rings. The number of ether oxygens (including phenoxy) is 2. The van der Waals surface area contributed by atoms with Crippen molar-refractivity contribution >= 4 is 11.6 Å². The molecule has 0 radical (unpaired) electrons. The summed E-state index contributed by atoms with van der Waals surface area (Å²) < 4.78 is 94.2. The summed E-state index contributed by atoms with van der Waals surface area (Å²) in [6, 6.07) is 6.89. The minimum Gasteiger partial charge on any atom is -0.628 e. The third kappa shape index (κ3) is 7.21. The first kappa shape index (κ1) is 32.6. The second kappa shape index (κ2) is 12.9. The van der Waals surface area contributed by atoms with Gasteiger partial charge in [0.2, 0.25) is 5.91 Å². The average molecular weight is 642 g/mol. The van der Waals surface area contributed by atoms with Gasteiger partial charge in [0.25, 0.3) is 0 Å². The van der Waals surface area contributed by atoms with Gasteiger partial charge >= 0.3 is 12.4 Å². The lowest BCUT2D eigenvalue weighted by Gasteiger charge is -2.43. The van der Waals surface area contributed by atoms with Gasteiger partial charge in [0, 0.05) is 52.1 Å². The Labute approximate surface area is 255 Å². The quantitative estimate of drug-likeness (QED) is 0.342. The fourth-order valence-electron chi connectivity index (χ4n) is 5.81. The number of hydroxylamine groups is 2. The third-order valence-corrected chi connectivity index (χ3v) is 8.14. The lowest BCUT2D eigenvalue weighted by atomic mass is 9.93. The van der Waals surface area contributed by atoms with Crippen molar-refractivity contribution in [1.82, 2.24) is 20.4 Å². The Bertz CT molecular complexity index is 1440. The fourth-order valence-corrected chi connectivity index (χ4v) is 5.81. The van der Waals surface area contributed by atoms with Gasteiger partial charge in [-0.2, -0.15) is 26.3 Å². The molecule has 3 aliphatic heterocycles. The van der Waals surface area contributed by atoms with E-state index < -0.39 is 47.2 Å². The van der Waals surface area contributed by atoms with Gasteiger partial charge in [0.15, 0.2) is 12.1 Å². The lowest BCUT2D eigenvalue weighted by Crippen LogP contribution is -3.09. The number of hydrogen-bond acceptors (Lipinski definition) is 7. The molecule has 3 atom stereocenters. The molecule has 3 N–H and O–H groups in total. The SMILES string of the molecule is COc1ccccc1/C1=C/C(N2CCN(C(C)=O)CC2)OC2=C(CNCN2)C(Cc2cc(C(F)(F)F)cc(C(F)(F)F)c2)[NH+]1[O-]. The molecular weight excluding hydrogens is 608 g/mol. The summed E-state index contributed by atoms with van der Waals surface area (Å²) >= 11 is 0. The second-order valence-corrected chi connectivity index (χ2v) is 11.0. The average Bonchev–Trinajstić information content (AvgIpc) is 3.00. The van der Waals surface area contributed by atoms with Gasteiger partial charge < -0.3 is 30.0 Å². The number of carbonyl (C=O) groups is 1. The van der Waals surface area contributed by atoms with Gasteiger partial charge in [-0.1, -0.05) is 12.1 Å². The Morgan fingerprint density at radius 1 is 1.04 bits per heavy atom. The predicted molar refractivity (Wildman–Crippen MR) is 151 cm³/mol. The number of methoxy groups -OCH3 is 1. The lowest BCUT2D eigenvalue weighted by molar-refractivity contribution is -0.793. The minimum absolute atomic E-state index is 0.0650. The molecule has 0 aromatic heterocycles. The van der Waals surface area contributed by atoms with Crippen LogP contribution < -0.4 is 20.4 Å². The summed E-state index contributed by atoms with van der Waals surface area (Å²) in [6.07, 6.45) is -9.71. The fraction of sp³-hybridized carbons (Fsp3) is 0.433. The van der Waals surface area contributed by atoms with Crippen LogP contribution in [0.4, 0.5) is 26.3 Å². The molecule has 3 aliphatic rings. The van der Waals surface area contributed by atoms with Crippen LogP contribution in [0, 0.1) is 5.21 Å². The molecule has 45 heavy (non-hydrogen) atoms. The van der Waals surface area contributed by atoms with Crippen molar-refractivity contribution < 1.29 is 45.7 Å². The van der Waals surface area contributed by atoms with Gasteiger partial charge in [0.1, 0.15) is 17.5 Å². The van der Waals surface area contributed by atoms with Gasteiger partial charge in [-0.05, 0) is 35.9 Å². The van der Waals surface area contributed by atoms with E-state index in [0.717, 1.165) is 0 Å². The number of nitrogens with zero attached hydrogens (tertiary/aromatic N) is 2. The molecular formula is C30H33F6N5O4. The highest BCUT2D eigenvalue weighted by Crippen LogP contribution is 2.37. The zero-order valence-electron chi connectivity index (χ0n) is 24.5. The molecule has 0 bridgehead atoms. The summed E-state index contributed by atoms with van der Waals surface area (Å²) in [7, 11) is 1.43. The molecule has 5 rings (SSSR count). The highest BCUT2D eigenvalue weighted by atomic mass is 19.4. The molecule has 1 saturated heterocycles. The second-order valence-electron chi connectivity index (χ2n) is 11.0. The van der Waals surface area contributed by atoms with Gasteiger partial charge in [0.05, 0.1) is 36.0 Å². The van der Waals surface area contributed by atoms with Crippen molar-refractivity contribution in [2.24, 2.45) is 0 Å². The molecule has 1 amide bonds. The van der Waals surface area contributed by atoms with Crippen molar-refractivity contribution in [2.45, 2.75) is 38.0 Å². The van der Waals surface area contributed by atoms with Gasteiger partial charge in [-0.15, -0.1) is 0 Å². The predicted octanol–water partition coefficient (Wildman–Crippen LogP) is 2.95. The molecule has 3 heterocycles. The van der Waals surface area contributed by atoms with Crippen molar-refractivity contribution in [3.63, 3.8) is 0 Å². The number of nitrogens with one attached hydrogen (secondary N) is 3. The zero-order chi connectivity index (χ0) is 32.5. The van der Waals surface area contributed by atoms with E-state index >= 15 is 0 Å². The molecule has 0 saturated carbocycles. The van der Waals surface area contributed by atoms with Crippen LogP contribution in [0.5, 0.6) is 5.75 Å². The number of quaternary nitrogens is 1. The van der Waals surface area contributed by atoms with Crippen LogP contribution in [0.1, 0.15) is 29.2 Å². The number of para-hydroxylation sites is 1. The summed E-state index contributed by atoms with van der Waals surface area (Å²) in [5.74, 6) is 0.512. The molecule has 244 valence electrons. The normalized spacial score (nSPS) is 24.4. The van der Waals surface area contributed by atoms with E-state index in [1.165, 1.54) is 14.0 Å². The Hall–Kier alpha value is -3.79. The summed E-state index contributed by atoms with van der Waals surface area (Å²) in [5, 5.41) is 20.2. The largest absolute Gasteiger partial charge is 0.628 e. The Morgan fingerprint density at radius 2 is 1.69 bits per heavy atom. The van der Waals surface area contributed by atoms with Crippen molar-refractivity contribution in [2.75, 3.05) is 46.5 Å². The summed E-state index contributed by atoms with van der Waals surface area (Å²) in [5.41, 5.74) is -2.30. The number of carbonyl (C=O) groups excluding carboxylic acids is 1. The van der Waals surface area contributed by atoms with Crippen LogP contribution in [0.25, 0.3) is 5.70 Å². The molecule has 3 unspecified atom stereocenters. The highest BCUT2D eigenvalue weighted by Gasteiger charge is 2.40. The molecule has 1 fully saturated rings. The number of rotatable bonds is 5. The van der Waals surface area contributed by atoms with E-state index in [1.54, 1.807) is 35.2 Å². The van der Waals surface area contributed by atoms with Crippen LogP contribution in [-0.2, 0) is 28.3 Å². The number of alkyl halides is 6. The van der Waals surface area contributed by atoms with E-state index in [0.29, 0.717) is 55.2 Å². The summed E-state index contributed by atoms with van der Waals surface area (Å²) in [4.78, 5) is 15.6. The molecule has 0 spiro atoms. The number of amides is 1. The maximum Gasteiger partial charge on any atom is 0.416 e. The Balaban J connectivity index is 1.62. The van der Waals surface area contributed by atoms with Crippen molar-refractivity contribution in [3.05, 3.63) is 87.5 Å². The van der Waals surface area contributed by atoms with Crippen LogP contribution in [-0.4, -0.2) is 74.5 Å². The number of benzene rings is 2. The number of halogens is 6. The first-order valence-corrected chi connectivity index (χ1v) is 14.3. The monoisotopic (exact) mass is 641 g/mol. The van der Waals surface area contributed by atoms with E-state index in [1.807, 2.05) is 4.90 Å². The van der Waals surface area contributed by atoms with Crippen LogP contribution in [0.15, 0.2) is 60.0 Å². The van der Waals surface area contributed by atoms with Crippen molar-refractivity contribution in [3.8, 4) is 5.75 Å². The van der Waals surface area contributed by atoms with Gasteiger partial charge in [-0.3, -0.25) is 15.0 Å². The molecule has 0 aliphatic carbocycles. The van der Waals surface area contributed by atoms with E-state index in [9.17, 15) is 36.3 Å². The van der Waals surface area contributed by atoms with Crippen LogP contribution in [0.3, 0.4) is 0 Å². The smallest absolute Gasteiger partial charge is 0.416 e. The molecule has 9 nitrogen and oxygen atoms in total. The van der Waals surface area contributed by atoms with E-state index in [-0.39, 0.29) is 42.3 Å². The topological polar surface area (TPSA) is 93.6 Å². The Kier molecular flexibility index (Phi) is 9.35. The molecule has 2 aromatic carbocycles. The summed E-state index contributed by atoms with van der Waals surface area (Å²) in [6.45, 7) is 3.58. The number of piperazine rings is 1. The first-order chi connectivity index (χ1) is 21.3. The first-order valence-electron chi connectivity index (χ1n) is 14.3. The van der Waals surface area contributed by atoms with E-state index in [4.69, 9.17) is 9.47 Å². The standard InChI is InChI=1S/C30H33F6N5O4/c1-18(42)39-7-9-40(10-8-39)27-15-25(22-5-3-4-6-26(22)44-2)41(43)24(23-16-37-17-38-28(23)45-27)13-19-11-20(29(31,32)33)14-21(12-19)30(34,35)36/h3-6,11-12,14-15,24,27,37-38,41H,7-10,13,16-17H2,1-2H3/b25-15-. The van der Waals surface area contributed by atoms with Crippen LogP contribution >= 0.6 is 0 Å². The third-order valence-electron chi connectivity index (χ3n) is 8.14. The highest BCUT2D eigenvalue weighted by molar-refractivity contribution is 5.73. The maximum atomic E-state index is 14.6. The van der Waals surface area contributed by atoms with Gasteiger partial charge in [-0.25, -0.2) is 0 Å². The van der Waals surface area contributed by atoms with Crippen molar-refractivity contribution in [1.29, 1.82) is 0 Å². The van der Waals surface area contributed by atoms with Crippen LogP contribution in [0.2, 0.25) is 0 Å². The minimum atomic E-state index is -5.04. The molecule has 15 heteroatoms. The van der Waals surface area contributed by atoms with E-state index in [2.05, 4.69) is 10.6 Å². The zero-order valence-corrected chi connectivity index (χ0v) is 24.5.